The summed E-state index contributed by atoms with van der Waals surface area (Å²) in [6, 6.07) is 13.2. The number of rotatable bonds is 6. The first-order valence-corrected chi connectivity index (χ1v) is 10.7. The first kappa shape index (κ1) is 19.3. The predicted octanol–water partition coefficient (Wildman–Crippen LogP) is 5.42. The molecule has 2 aromatic heterocycles. The highest BCUT2D eigenvalue weighted by Gasteiger charge is 2.25. The number of hydrogen-bond acceptors (Lipinski definition) is 5. The molecule has 0 spiro atoms. The molecule has 1 aliphatic rings. The second kappa shape index (κ2) is 9.01. The summed E-state index contributed by atoms with van der Waals surface area (Å²) >= 11 is 1.62. The van der Waals surface area contributed by atoms with Crippen LogP contribution in [0.4, 0.5) is 10.7 Å². The molecule has 6 heteroatoms. The van der Waals surface area contributed by atoms with Gasteiger partial charge in [-0.15, -0.1) is 11.3 Å². The van der Waals surface area contributed by atoms with Crippen LogP contribution in [-0.2, 0) is 12.8 Å². The number of aromatic nitrogens is 1. The number of nitrogens with one attached hydrogen (secondary N) is 1. The normalized spacial score (nSPS) is 13.3. The molecule has 1 N–H and O–H groups in total. The van der Waals surface area contributed by atoms with Gasteiger partial charge in [-0.2, -0.15) is 0 Å². The lowest BCUT2D eigenvalue weighted by Gasteiger charge is -2.14. The molecule has 1 amide bonds. The summed E-state index contributed by atoms with van der Waals surface area (Å²) < 4.78 is 5.65. The molecule has 0 saturated heterocycles. The van der Waals surface area contributed by atoms with E-state index >= 15 is 0 Å². The average Bonchev–Trinajstić information content (AvgIpc) is 3.13. The highest BCUT2D eigenvalue weighted by molar-refractivity contribution is 7.16. The second-order valence-corrected chi connectivity index (χ2v) is 7.87. The Kier molecular flexibility index (Phi) is 6.00. The van der Waals surface area contributed by atoms with Crippen molar-refractivity contribution in [1.29, 1.82) is 0 Å². The van der Waals surface area contributed by atoms with E-state index in [2.05, 4.69) is 15.3 Å². The topological polar surface area (TPSA) is 63.6 Å². The summed E-state index contributed by atoms with van der Waals surface area (Å²) in [5, 5.41) is 3.78. The van der Waals surface area contributed by atoms with Gasteiger partial charge < -0.3 is 10.1 Å². The number of nitrogens with zero attached hydrogens (tertiary/aromatic N) is 2. The Labute approximate surface area is 174 Å². The number of hydrogen-bond donors (Lipinski definition) is 1. The van der Waals surface area contributed by atoms with Crippen LogP contribution in [0.15, 0.2) is 53.7 Å². The first-order valence-electron chi connectivity index (χ1n) is 9.89. The minimum atomic E-state index is -0.135. The van der Waals surface area contributed by atoms with Crippen LogP contribution in [0.3, 0.4) is 0 Å². The monoisotopic (exact) mass is 405 g/mol. The van der Waals surface area contributed by atoms with Crippen molar-refractivity contribution >= 4 is 34.1 Å². The van der Waals surface area contributed by atoms with Crippen molar-refractivity contribution in [1.82, 2.24) is 4.98 Å². The van der Waals surface area contributed by atoms with Gasteiger partial charge in [0.1, 0.15) is 10.8 Å². The summed E-state index contributed by atoms with van der Waals surface area (Å²) in [6.45, 7) is 2.47. The number of thiophene rings is 1. The van der Waals surface area contributed by atoms with E-state index in [0.717, 1.165) is 41.9 Å². The summed E-state index contributed by atoms with van der Waals surface area (Å²) in [7, 11) is 0. The van der Waals surface area contributed by atoms with Crippen LogP contribution in [0.1, 0.15) is 46.3 Å². The van der Waals surface area contributed by atoms with Gasteiger partial charge in [-0.3, -0.25) is 9.78 Å². The minimum Gasteiger partial charge on any atom is -0.492 e. The van der Waals surface area contributed by atoms with Gasteiger partial charge in [0.2, 0.25) is 0 Å². The molecule has 1 aromatic carbocycles. The fourth-order valence-electron chi connectivity index (χ4n) is 3.49. The molecule has 0 radical (unpaired) electrons. The fraction of sp³-hybridized carbons (Fsp3) is 0.261. The molecule has 1 aliphatic carbocycles. The Morgan fingerprint density at radius 2 is 2.03 bits per heavy atom. The molecule has 5 nitrogen and oxygen atoms in total. The number of aryl methyl sites for hydroxylation is 1. The Hall–Kier alpha value is -2.99. The fourth-order valence-corrected chi connectivity index (χ4v) is 4.72. The summed E-state index contributed by atoms with van der Waals surface area (Å²) in [5.74, 6) is 0.538. The van der Waals surface area contributed by atoms with Crippen molar-refractivity contribution in [2.24, 2.45) is 4.99 Å². The van der Waals surface area contributed by atoms with Gasteiger partial charge in [0, 0.05) is 11.1 Å². The average molecular weight is 406 g/mol. The number of anilines is 1. The maximum Gasteiger partial charge on any atom is 0.259 e. The van der Waals surface area contributed by atoms with Crippen LogP contribution in [0.2, 0.25) is 0 Å². The van der Waals surface area contributed by atoms with Crippen molar-refractivity contribution in [3.63, 3.8) is 0 Å². The van der Waals surface area contributed by atoms with E-state index in [0.29, 0.717) is 23.6 Å². The molecule has 0 atom stereocenters. The Morgan fingerprint density at radius 1 is 1.21 bits per heavy atom. The molecular weight excluding hydrogens is 382 g/mol. The molecule has 0 fully saturated rings. The molecule has 0 aliphatic heterocycles. The lowest BCUT2D eigenvalue weighted by molar-refractivity contribution is 0.102. The zero-order valence-electron chi connectivity index (χ0n) is 16.4. The number of ether oxygens (including phenoxy) is 1. The van der Waals surface area contributed by atoms with Gasteiger partial charge in [0.15, 0.2) is 0 Å². The van der Waals surface area contributed by atoms with Crippen LogP contribution >= 0.6 is 11.3 Å². The van der Waals surface area contributed by atoms with Gasteiger partial charge >= 0.3 is 0 Å². The molecule has 3 aromatic rings. The zero-order valence-corrected chi connectivity index (χ0v) is 17.2. The van der Waals surface area contributed by atoms with E-state index in [9.17, 15) is 4.79 Å². The minimum absolute atomic E-state index is 0.135. The zero-order chi connectivity index (χ0) is 20.1. The van der Waals surface area contributed by atoms with Crippen molar-refractivity contribution in [2.45, 2.75) is 32.6 Å². The maximum atomic E-state index is 13.3. The summed E-state index contributed by atoms with van der Waals surface area (Å²) in [6.07, 6.45) is 7.64. The molecule has 0 bridgehead atoms. The molecule has 0 saturated carbocycles. The van der Waals surface area contributed by atoms with Gasteiger partial charge in [0.25, 0.3) is 5.91 Å². The van der Waals surface area contributed by atoms with E-state index in [4.69, 9.17) is 4.74 Å². The highest BCUT2D eigenvalue weighted by Crippen LogP contribution is 2.40. The van der Waals surface area contributed by atoms with Gasteiger partial charge in [-0.25, -0.2) is 4.99 Å². The van der Waals surface area contributed by atoms with Crippen molar-refractivity contribution in [3.05, 3.63) is 70.4 Å². The summed E-state index contributed by atoms with van der Waals surface area (Å²) in [4.78, 5) is 23.5. The Balaban J connectivity index is 1.68. The molecule has 2 heterocycles. The first-order chi connectivity index (χ1) is 14.3. The number of fused-ring (bicyclic) bond motifs is 1. The molecule has 0 unspecified atom stereocenters. The third kappa shape index (κ3) is 4.38. The van der Waals surface area contributed by atoms with E-state index in [-0.39, 0.29) is 5.91 Å². The van der Waals surface area contributed by atoms with Crippen LogP contribution in [0.25, 0.3) is 0 Å². The quantitative estimate of drug-likeness (QED) is 0.557. The standard InChI is InChI=1S/C23H23N3O2S/c1-2-28-19-12-5-4-11-18(19)26-22(27)21-17-10-3-6-13-20(17)29-23(21)25-15-16-9-7-8-14-24-16/h4-5,7-9,11-12,14-15H,2-3,6,10,13H2,1H3,(H,26,27). The van der Waals surface area contributed by atoms with E-state index in [1.807, 2.05) is 49.4 Å². The third-order valence-corrected chi connectivity index (χ3v) is 6.02. The number of benzene rings is 1. The third-order valence-electron chi connectivity index (χ3n) is 4.82. The number of para-hydroxylation sites is 2. The van der Waals surface area contributed by atoms with Gasteiger partial charge in [-0.1, -0.05) is 18.2 Å². The highest BCUT2D eigenvalue weighted by atomic mass is 32.1. The Bertz CT molecular complexity index is 1030. The molecule has 148 valence electrons. The van der Waals surface area contributed by atoms with E-state index in [1.54, 1.807) is 23.7 Å². The second-order valence-electron chi connectivity index (χ2n) is 6.79. The van der Waals surface area contributed by atoms with Gasteiger partial charge in [0.05, 0.1) is 29.8 Å². The van der Waals surface area contributed by atoms with Crippen LogP contribution in [-0.4, -0.2) is 23.7 Å². The predicted molar refractivity (Wildman–Crippen MR) is 118 cm³/mol. The van der Waals surface area contributed by atoms with Crippen LogP contribution in [0, 0.1) is 0 Å². The van der Waals surface area contributed by atoms with E-state index < -0.39 is 0 Å². The number of carbonyl (C=O) groups is 1. The van der Waals surface area contributed by atoms with Crippen LogP contribution < -0.4 is 10.1 Å². The van der Waals surface area contributed by atoms with Crippen molar-refractivity contribution in [2.75, 3.05) is 11.9 Å². The molecule has 29 heavy (non-hydrogen) atoms. The smallest absolute Gasteiger partial charge is 0.259 e. The maximum absolute atomic E-state index is 13.3. The summed E-state index contributed by atoms with van der Waals surface area (Å²) in [5.41, 5.74) is 3.27. The lowest BCUT2D eigenvalue weighted by Crippen LogP contribution is -2.15. The number of pyridine rings is 1. The SMILES string of the molecule is CCOc1ccccc1NC(=O)c1c(N=Cc2ccccn2)sc2c1CCCC2. The lowest BCUT2D eigenvalue weighted by atomic mass is 9.95. The number of amides is 1. The van der Waals surface area contributed by atoms with Crippen molar-refractivity contribution in [3.8, 4) is 5.75 Å². The molecule has 4 rings (SSSR count). The van der Waals surface area contributed by atoms with Crippen LogP contribution in [0.5, 0.6) is 5.75 Å². The van der Waals surface area contributed by atoms with E-state index in [1.165, 1.54) is 4.88 Å². The van der Waals surface area contributed by atoms with Gasteiger partial charge in [-0.05, 0) is 62.4 Å². The Morgan fingerprint density at radius 3 is 2.86 bits per heavy atom. The molecular formula is C23H23N3O2S. The number of carbonyl (C=O) groups excluding carboxylic acids is 1. The number of aliphatic imine (C=N–C) groups is 1. The largest absolute Gasteiger partial charge is 0.492 e. The van der Waals surface area contributed by atoms with Crippen molar-refractivity contribution < 1.29 is 9.53 Å².